The molecule has 0 fully saturated rings. The Balaban J connectivity index is 4.19. The normalized spacial score (nSPS) is 10.3. The van der Waals surface area contributed by atoms with Crippen LogP contribution in [0, 0.1) is 0 Å². The van der Waals surface area contributed by atoms with Crippen molar-refractivity contribution in [2.24, 2.45) is 0 Å². The summed E-state index contributed by atoms with van der Waals surface area (Å²) in [5.41, 5.74) is 0. The number of aliphatic carboxylic acids is 1. The smallest absolute Gasteiger partial charge is 0.323 e. The average molecular weight is 201 g/mol. The largest absolute Gasteiger partial charge is 0.480 e. The predicted octanol–water partition coefficient (Wildman–Crippen LogP) is 1.50. The van der Waals surface area contributed by atoms with E-state index in [4.69, 9.17) is 5.11 Å². The molecule has 0 aromatic rings. The topological polar surface area (TPSA) is 57.6 Å². The number of hydrogen-bond acceptors (Lipinski definition) is 2. The third-order valence-corrected chi connectivity index (χ3v) is 1.99. The lowest BCUT2D eigenvalue weighted by atomic mass is 10.2. The first-order chi connectivity index (χ1) is 6.49. The molecule has 0 aromatic heterocycles. The molecule has 0 aliphatic carbocycles. The zero-order valence-electron chi connectivity index (χ0n) is 9.12. The summed E-state index contributed by atoms with van der Waals surface area (Å²) in [5, 5.41) is 8.61. The third-order valence-electron chi connectivity index (χ3n) is 1.99. The molecule has 14 heavy (non-hydrogen) atoms. The highest BCUT2D eigenvalue weighted by Gasteiger charge is 2.18. The van der Waals surface area contributed by atoms with Crippen LogP contribution in [-0.4, -0.2) is 34.5 Å². The Kier molecular flexibility index (Phi) is 5.92. The number of nitrogens with zero attached hydrogens (tertiary/aromatic N) is 1. The first-order valence-corrected chi connectivity index (χ1v) is 5.00. The Hall–Kier alpha value is -1.06. The highest BCUT2D eigenvalue weighted by Crippen LogP contribution is 2.04. The van der Waals surface area contributed by atoms with Gasteiger partial charge in [-0.2, -0.15) is 0 Å². The van der Waals surface area contributed by atoms with Crippen LogP contribution in [0.3, 0.4) is 0 Å². The van der Waals surface area contributed by atoms with Gasteiger partial charge in [0.05, 0.1) is 0 Å². The van der Waals surface area contributed by atoms with Crippen molar-refractivity contribution < 1.29 is 14.7 Å². The summed E-state index contributed by atoms with van der Waals surface area (Å²) < 4.78 is 0. The van der Waals surface area contributed by atoms with Gasteiger partial charge in [-0.1, -0.05) is 13.3 Å². The second kappa shape index (κ2) is 6.40. The number of rotatable bonds is 6. The van der Waals surface area contributed by atoms with Gasteiger partial charge < -0.3 is 10.0 Å². The molecule has 4 heteroatoms. The molecule has 0 saturated heterocycles. The van der Waals surface area contributed by atoms with E-state index in [-0.39, 0.29) is 18.5 Å². The van der Waals surface area contributed by atoms with Crippen LogP contribution >= 0.6 is 0 Å². The molecule has 4 nitrogen and oxygen atoms in total. The Bertz CT molecular complexity index is 202. The van der Waals surface area contributed by atoms with E-state index in [0.717, 1.165) is 12.8 Å². The van der Waals surface area contributed by atoms with Gasteiger partial charge in [0.1, 0.15) is 6.54 Å². The molecule has 0 aliphatic heterocycles. The van der Waals surface area contributed by atoms with Crippen LogP contribution in [0.15, 0.2) is 0 Å². The second-order valence-corrected chi connectivity index (χ2v) is 3.61. The second-order valence-electron chi connectivity index (χ2n) is 3.61. The molecular weight excluding hydrogens is 182 g/mol. The Morgan fingerprint density at radius 2 is 1.93 bits per heavy atom. The summed E-state index contributed by atoms with van der Waals surface area (Å²) in [4.78, 5) is 23.4. The van der Waals surface area contributed by atoms with E-state index in [9.17, 15) is 9.59 Å². The number of hydrogen-bond donors (Lipinski definition) is 1. The fourth-order valence-corrected chi connectivity index (χ4v) is 1.18. The van der Waals surface area contributed by atoms with E-state index in [1.54, 1.807) is 0 Å². The number of unbranched alkanes of at least 4 members (excludes halogenated alkanes) is 1. The van der Waals surface area contributed by atoms with Crippen molar-refractivity contribution in [1.82, 2.24) is 4.90 Å². The van der Waals surface area contributed by atoms with Crippen LogP contribution in [0.1, 0.15) is 40.0 Å². The van der Waals surface area contributed by atoms with Gasteiger partial charge in [0.2, 0.25) is 5.91 Å². The van der Waals surface area contributed by atoms with Crippen LogP contribution in [0.5, 0.6) is 0 Å². The Morgan fingerprint density at radius 1 is 1.36 bits per heavy atom. The molecule has 0 saturated carbocycles. The minimum atomic E-state index is -0.955. The van der Waals surface area contributed by atoms with Gasteiger partial charge in [-0.3, -0.25) is 9.59 Å². The highest BCUT2D eigenvalue weighted by molar-refractivity contribution is 5.81. The Labute approximate surface area is 84.9 Å². The zero-order chi connectivity index (χ0) is 11.1. The molecule has 0 unspecified atom stereocenters. The van der Waals surface area contributed by atoms with Crippen LogP contribution < -0.4 is 0 Å². The fourth-order valence-electron chi connectivity index (χ4n) is 1.18. The van der Waals surface area contributed by atoms with E-state index in [1.807, 2.05) is 20.8 Å². The van der Waals surface area contributed by atoms with Crippen LogP contribution in [0.25, 0.3) is 0 Å². The van der Waals surface area contributed by atoms with Crippen molar-refractivity contribution >= 4 is 11.9 Å². The number of carbonyl (C=O) groups is 2. The first-order valence-electron chi connectivity index (χ1n) is 5.00. The molecule has 0 aromatic carbocycles. The van der Waals surface area contributed by atoms with Crippen molar-refractivity contribution in [2.45, 2.75) is 46.1 Å². The van der Waals surface area contributed by atoms with E-state index in [1.165, 1.54) is 4.90 Å². The molecule has 0 rings (SSSR count). The van der Waals surface area contributed by atoms with Gasteiger partial charge in [0, 0.05) is 12.5 Å². The number of carboxylic acid groups (broad SMARTS) is 1. The third kappa shape index (κ3) is 4.84. The predicted molar refractivity (Wildman–Crippen MR) is 54.0 cm³/mol. The summed E-state index contributed by atoms with van der Waals surface area (Å²) in [5.74, 6) is -1.02. The molecule has 0 bridgehead atoms. The molecule has 0 heterocycles. The maximum Gasteiger partial charge on any atom is 0.323 e. The number of carbonyl (C=O) groups excluding carboxylic acids is 1. The van der Waals surface area contributed by atoms with E-state index in [2.05, 4.69) is 0 Å². The van der Waals surface area contributed by atoms with E-state index in [0.29, 0.717) is 6.42 Å². The van der Waals surface area contributed by atoms with Crippen LogP contribution in [0.4, 0.5) is 0 Å². The van der Waals surface area contributed by atoms with Crippen molar-refractivity contribution in [2.75, 3.05) is 6.54 Å². The summed E-state index contributed by atoms with van der Waals surface area (Å²) in [7, 11) is 0. The van der Waals surface area contributed by atoms with Crippen molar-refractivity contribution in [3.05, 3.63) is 0 Å². The van der Waals surface area contributed by atoms with Crippen molar-refractivity contribution in [3.63, 3.8) is 0 Å². The summed E-state index contributed by atoms with van der Waals surface area (Å²) >= 11 is 0. The minimum Gasteiger partial charge on any atom is -0.480 e. The monoisotopic (exact) mass is 201 g/mol. The summed E-state index contributed by atoms with van der Waals surface area (Å²) in [6.07, 6.45) is 2.22. The number of carboxylic acids is 1. The van der Waals surface area contributed by atoms with Crippen molar-refractivity contribution in [3.8, 4) is 0 Å². The maximum atomic E-state index is 11.5. The molecule has 82 valence electrons. The van der Waals surface area contributed by atoms with Gasteiger partial charge in [0.25, 0.3) is 0 Å². The fraction of sp³-hybridized carbons (Fsp3) is 0.800. The number of amides is 1. The minimum absolute atomic E-state index is 0.0459. The maximum absolute atomic E-state index is 11.5. The summed E-state index contributed by atoms with van der Waals surface area (Å²) in [6.45, 7) is 5.46. The molecular formula is C10H19NO3. The SMILES string of the molecule is CCCCC(=O)N(CC(=O)O)C(C)C. The van der Waals surface area contributed by atoms with Gasteiger partial charge in [0.15, 0.2) is 0 Å². The van der Waals surface area contributed by atoms with E-state index < -0.39 is 5.97 Å². The van der Waals surface area contributed by atoms with Crippen LogP contribution in [0.2, 0.25) is 0 Å². The van der Waals surface area contributed by atoms with Crippen LogP contribution in [-0.2, 0) is 9.59 Å². The Morgan fingerprint density at radius 3 is 2.29 bits per heavy atom. The molecule has 0 atom stereocenters. The first kappa shape index (κ1) is 12.9. The van der Waals surface area contributed by atoms with Gasteiger partial charge >= 0.3 is 5.97 Å². The van der Waals surface area contributed by atoms with Gasteiger partial charge in [-0.25, -0.2) is 0 Å². The molecule has 1 N–H and O–H groups in total. The van der Waals surface area contributed by atoms with Crippen molar-refractivity contribution in [1.29, 1.82) is 0 Å². The molecule has 1 amide bonds. The van der Waals surface area contributed by atoms with E-state index >= 15 is 0 Å². The standard InChI is InChI=1S/C10H19NO3/c1-4-5-6-9(12)11(8(2)3)7-10(13)14/h8H,4-7H2,1-3H3,(H,13,14). The summed E-state index contributed by atoms with van der Waals surface area (Å²) in [6, 6.07) is -0.0459. The highest BCUT2D eigenvalue weighted by atomic mass is 16.4. The molecule has 0 aliphatic rings. The zero-order valence-corrected chi connectivity index (χ0v) is 9.12. The molecule has 0 spiro atoms. The van der Waals surface area contributed by atoms with Gasteiger partial charge in [-0.05, 0) is 20.3 Å². The average Bonchev–Trinajstić information content (AvgIpc) is 2.09. The quantitative estimate of drug-likeness (QED) is 0.708. The van der Waals surface area contributed by atoms with Gasteiger partial charge in [-0.15, -0.1) is 0 Å². The lowest BCUT2D eigenvalue weighted by Gasteiger charge is -2.24. The molecule has 0 radical (unpaired) electrons. The lowest BCUT2D eigenvalue weighted by Crippen LogP contribution is -2.40. The lowest BCUT2D eigenvalue weighted by molar-refractivity contribution is -0.145.